The summed E-state index contributed by atoms with van der Waals surface area (Å²) in [5, 5.41) is 18.9. The fourth-order valence-electron chi connectivity index (χ4n) is 0.714. The van der Waals surface area contributed by atoms with E-state index in [1.165, 1.54) is 0 Å². The maximum absolute atomic E-state index is 8.59. The first kappa shape index (κ1) is 10.5. The molecule has 0 aliphatic carbocycles. The van der Waals surface area contributed by atoms with Crippen LogP contribution in [0.25, 0.3) is 0 Å². The Morgan fingerprint density at radius 2 is 2.09 bits per heavy atom. The Balaban J connectivity index is 0.000000461. The summed E-state index contributed by atoms with van der Waals surface area (Å²) in [5.74, 6) is 0. The van der Waals surface area contributed by atoms with Crippen molar-refractivity contribution in [2.75, 3.05) is 13.6 Å². The second kappa shape index (κ2) is 5.18. The highest BCUT2D eigenvalue weighted by Gasteiger charge is 2.19. The van der Waals surface area contributed by atoms with E-state index < -0.39 is 7.12 Å². The molecule has 0 aromatic rings. The molecule has 0 aromatic carbocycles. The number of hydrazine groups is 1. The molecule has 0 saturated carbocycles. The van der Waals surface area contributed by atoms with Gasteiger partial charge in [0.25, 0.3) is 0 Å². The predicted octanol–water partition coefficient (Wildman–Crippen LogP) is -0.642. The van der Waals surface area contributed by atoms with E-state index in [0.29, 0.717) is 12.0 Å². The van der Waals surface area contributed by atoms with E-state index in [4.69, 9.17) is 10.0 Å². The van der Waals surface area contributed by atoms with Crippen LogP contribution in [0.4, 0.5) is 0 Å². The van der Waals surface area contributed by atoms with Gasteiger partial charge in [0.05, 0.1) is 0 Å². The molecule has 4 nitrogen and oxygen atoms in total. The highest BCUT2D eigenvalue weighted by Crippen LogP contribution is 2.01. The predicted molar refractivity (Wildman–Crippen MR) is 45.4 cm³/mol. The molecular weight excluding hydrogens is 143 g/mol. The summed E-state index contributed by atoms with van der Waals surface area (Å²) in [6.07, 6.45) is 1.66. The minimum atomic E-state index is -1.32. The van der Waals surface area contributed by atoms with E-state index in [1.807, 2.05) is 13.8 Å². The van der Waals surface area contributed by atoms with Crippen LogP contribution in [0.5, 0.6) is 0 Å². The minimum absolute atomic E-state index is 0.522. The van der Waals surface area contributed by atoms with Crippen LogP contribution in [0.2, 0.25) is 0 Å². The average Bonchev–Trinajstić information content (AvgIpc) is 2.40. The van der Waals surface area contributed by atoms with Gasteiger partial charge in [-0.3, -0.25) is 0 Å². The molecule has 0 bridgehead atoms. The van der Waals surface area contributed by atoms with E-state index in [1.54, 1.807) is 18.3 Å². The Kier molecular flexibility index (Phi) is 4.93. The van der Waals surface area contributed by atoms with E-state index in [2.05, 4.69) is 5.43 Å². The second-order valence-electron chi connectivity index (χ2n) is 2.02. The van der Waals surface area contributed by atoms with Gasteiger partial charge < -0.3 is 15.1 Å². The molecule has 1 aliphatic rings. The zero-order chi connectivity index (χ0) is 8.85. The first-order chi connectivity index (χ1) is 5.20. The first-order valence-electron chi connectivity index (χ1n) is 3.73. The van der Waals surface area contributed by atoms with Crippen LogP contribution in [-0.4, -0.2) is 35.8 Å². The van der Waals surface area contributed by atoms with Crippen molar-refractivity contribution in [2.45, 2.75) is 13.8 Å². The lowest BCUT2D eigenvalue weighted by Gasteiger charge is -2.04. The Bertz CT molecular complexity index is 139. The topological polar surface area (TPSA) is 55.7 Å². The van der Waals surface area contributed by atoms with Crippen molar-refractivity contribution in [1.82, 2.24) is 10.4 Å². The second-order valence-corrected chi connectivity index (χ2v) is 2.02. The van der Waals surface area contributed by atoms with Crippen LogP contribution in [0.3, 0.4) is 0 Å². The third-order valence-electron chi connectivity index (χ3n) is 1.22. The Morgan fingerprint density at radius 3 is 2.27 bits per heavy atom. The smallest absolute Gasteiger partial charge is 0.423 e. The van der Waals surface area contributed by atoms with Gasteiger partial charge in [-0.1, -0.05) is 13.8 Å². The van der Waals surface area contributed by atoms with Crippen molar-refractivity contribution in [3.63, 3.8) is 0 Å². The highest BCUT2D eigenvalue weighted by atomic mass is 16.4. The summed E-state index contributed by atoms with van der Waals surface area (Å²) in [7, 11) is 0.484. The molecule has 64 valence electrons. The molecule has 0 atom stereocenters. The maximum Gasteiger partial charge on any atom is 0.487 e. The van der Waals surface area contributed by atoms with Gasteiger partial charge in [-0.2, -0.15) is 0 Å². The monoisotopic (exact) mass is 158 g/mol. The van der Waals surface area contributed by atoms with Crippen molar-refractivity contribution < 1.29 is 10.0 Å². The summed E-state index contributed by atoms with van der Waals surface area (Å²) in [4.78, 5) is 0. The van der Waals surface area contributed by atoms with Gasteiger partial charge >= 0.3 is 7.12 Å². The maximum atomic E-state index is 8.59. The summed E-state index contributed by atoms with van der Waals surface area (Å²) in [5.41, 5.74) is 3.47. The third-order valence-corrected chi connectivity index (χ3v) is 1.22. The summed E-state index contributed by atoms with van der Waals surface area (Å²) in [6.45, 7) is 4.52. The molecular formula is C6H15BN2O2. The quantitative estimate of drug-likeness (QED) is 0.444. The third kappa shape index (κ3) is 3.41. The van der Waals surface area contributed by atoms with E-state index in [0.717, 1.165) is 0 Å². The molecule has 0 spiro atoms. The molecule has 1 rings (SSSR count). The van der Waals surface area contributed by atoms with Gasteiger partial charge in [0.1, 0.15) is 0 Å². The van der Waals surface area contributed by atoms with Crippen LogP contribution < -0.4 is 5.43 Å². The van der Waals surface area contributed by atoms with Gasteiger partial charge in [0.15, 0.2) is 0 Å². The zero-order valence-electron chi connectivity index (χ0n) is 7.20. The SMILES string of the molecule is CC.CN1C=C(B(O)O)CN1. The fraction of sp³-hybridized carbons (Fsp3) is 0.667. The van der Waals surface area contributed by atoms with Crippen LogP contribution in [0.1, 0.15) is 13.8 Å². The molecule has 11 heavy (non-hydrogen) atoms. The van der Waals surface area contributed by atoms with Gasteiger partial charge in [-0.25, -0.2) is 5.43 Å². The van der Waals surface area contributed by atoms with Gasteiger partial charge in [0, 0.05) is 19.8 Å². The summed E-state index contributed by atoms with van der Waals surface area (Å²) >= 11 is 0. The molecule has 0 unspecified atom stereocenters. The van der Waals surface area contributed by atoms with Crippen molar-refractivity contribution in [1.29, 1.82) is 0 Å². The molecule has 5 heteroatoms. The summed E-state index contributed by atoms with van der Waals surface area (Å²) < 4.78 is 0. The normalized spacial score (nSPS) is 15.4. The Morgan fingerprint density at radius 1 is 1.55 bits per heavy atom. The van der Waals surface area contributed by atoms with Crippen LogP contribution in [0, 0.1) is 0 Å². The first-order valence-corrected chi connectivity index (χ1v) is 3.73. The molecule has 1 aliphatic heterocycles. The lowest BCUT2D eigenvalue weighted by atomic mass is 9.80. The lowest BCUT2D eigenvalue weighted by Crippen LogP contribution is -2.25. The fourth-order valence-corrected chi connectivity index (χ4v) is 0.714. The number of rotatable bonds is 1. The number of hydrogen-bond donors (Lipinski definition) is 3. The van der Waals surface area contributed by atoms with Gasteiger partial charge in [-0.05, 0) is 5.47 Å². The van der Waals surface area contributed by atoms with Crippen LogP contribution >= 0.6 is 0 Å². The summed E-state index contributed by atoms with van der Waals surface area (Å²) in [6, 6.07) is 0. The molecule has 0 radical (unpaired) electrons. The zero-order valence-corrected chi connectivity index (χ0v) is 7.20. The van der Waals surface area contributed by atoms with Gasteiger partial charge in [0.2, 0.25) is 0 Å². The molecule has 1 heterocycles. The largest absolute Gasteiger partial charge is 0.487 e. The van der Waals surface area contributed by atoms with Crippen LogP contribution in [0.15, 0.2) is 11.7 Å². The molecule has 0 aromatic heterocycles. The molecule has 3 N–H and O–H groups in total. The molecule has 0 fully saturated rings. The van der Waals surface area contributed by atoms with E-state index >= 15 is 0 Å². The molecule has 0 saturated heterocycles. The Hall–Kier alpha value is -0.515. The van der Waals surface area contributed by atoms with Gasteiger partial charge in [-0.15, -0.1) is 0 Å². The number of nitrogens with zero attached hydrogens (tertiary/aromatic N) is 1. The standard InChI is InChI=1S/C4H9BN2O2.C2H6/c1-7-3-4(2-6-7)5(8)9;1-2/h3,6,8-9H,2H2,1H3;1-2H3. The lowest BCUT2D eigenvalue weighted by molar-refractivity contribution is 0.373. The van der Waals surface area contributed by atoms with Crippen molar-refractivity contribution in [2.24, 2.45) is 0 Å². The van der Waals surface area contributed by atoms with Crippen molar-refractivity contribution in [3.05, 3.63) is 11.7 Å². The van der Waals surface area contributed by atoms with E-state index in [9.17, 15) is 0 Å². The average molecular weight is 158 g/mol. The van der Waals surface area contributed by atoms with Crippen LogP contribution in [-0.2, 0) is 0 Å². The highest BCUT2D eigenvalue weighted by molar-refractivity contribution is 6.50. The number of nitrogens with one attached hydrogen (secondary N) is 1. The van der Waals surface area contributed by atoms with Crippen molar-refractivity contribution in [3.8, 4) is 0 Å². The Labute approximate surface area is 67.6 Å². The number of hydrogen-bond acceptors (Lipinski definition) is 4. The molecule has 0 amide bonds. The van der Waals surface area contributed by atoms with E-state index in [-0.39, 0.29) is 0 Å². The minimum Gasteiger partial charge on any atom is -0.423 e. The van der Waals surface area contributed by atoms with Crippen molar-refractivity contribution >= 4 is 7.12 Å².